The monoisotopic (exact) mass is 282 g/mol. The topological polar surface area (TPSA) is 24.5 Å². The van der Waals surface area contributed by atoms with Crippen LogP contribution in [0.3, 0.4) is 0 Å². The SMILES string of the molecule is CNCc1cc(COCCN2CCCCC2)c(C)s1. The van der Waals surface area contributed by atoms with Gasteiger partial charge in [-0.05, 0) is 51.5 Å². The number of aryl methyl sites for hydroxylation is 1. The number of hydrogen-bond acceptors (Lipinski definition) is 4. The maximum atomic E-state index is 5.84. The molecule has 19 heavy (non-hydrogen) atoms. The van der Waals surface area contributed by atoms with Gasteiger partial charge in [0.2, 0.25) is 0 Å². The van der Waals surface area contributed by atoms with Crippen molar-refractivity contribution in [1.29, 1.82) is 0 Å². The number of likely N-dealkylation sites (tertiary alicyclic amines) is 1. The highest BCUT2D eigenvalue weighted by molar-refractivity contribution is 7.12. The van der Waals surface area contributed by atoms with Crippen molar-refractivity contribution in [1.82, 2.24) is 10.2 Å². The number of piperidine rings is 1. The van der Waals surface area contributed by atoms with E-state index in [4.69, 9.17) is 4.74 Å². The van der Waals surface area contributed by atoms with Crippen molar-refractivity contribution < 1.29 is 4.74 Å². The van der Waals surface area contributed by atoms with E-state index in [9.17, 15) is 0 Å². The summed E-state index contributed by atoms with van der Waals surface area (Å²) in [5, 5.41) is 3.20. The van der Waals surface area contributed by atoms with Crippen molar-refractivity contribution in [3.63, 3.8) is 0 Å². The van der Waals surface area contributed by atoms with Gasteiger partial charge in [0.25, 0.3) is 0 Å². The van der Waals surface area contributed by atoms with E-state index in [2.05, 4.69) is 23.2 Å². The minimum atomic E-state index is 0.764. The molecule has 0 bridgehead atoms. The van der Waals surface area contributed by atoms with Gasteiger partial charge in [-0.1, -0.05) is 6.42 Å². The molecule has 1 aliphatic rings. The number of ether oxygens (including phenoxy) is 1. The third-order valence-electron chi connectivity index (χ3n) is 3.68. The van der Waals surface area contributed by atoms with Gasteiger partial charge in [0.15, 0.2) is 0 Å². The lowest BCUT2D eigenvalue weighted by Gasteiger charge is -2.26. The Balaban J connectivity index is 1.67. The van der Waals surface area contributed by atoms with Crippen LogP contribution >= 0.6 is 11.3 Å². The average Bonchev–Trinajstić information content (AvgIpc) is 2.77. The van der Waals surface area contributed by atoms with E-state index >= 15 is 0 Å². The lowest BCUT2D eigenvalue weighted by molar-refractivity contribution is 0.0862. The molecule has 0 amide bonds. The first-order valence-electron chi connectivity index (χ1n) is 7.32. The molecule has 1 fully saturated rings. The zero-order valence-electron chi connectivity index (χ0n) is 12.2. The highest BCUT2D eigenvalue weighted by Gasteiger charge is 2.10. The summed E-state index contributed by atoms with van der Waals surface area (Å²) in [5.41, 5.74) is 1.36. The molecule has 1 aromatic heterocycles. The predicted octanol–water partition coefficient (Wildman–Crippen LogP) is 2.78. The van der Waals surface area contributed by atoms with Crippen molar-refractivity contribution in [3.05, 3.63) is 21.4 Å². The van der Waals surface area contributed by atoms with Crippen molar-refractivity contribution in [2.75, 3.05) is 33.3 Å². The minimum absolute atomic E-state index is 0.764. The van der Waals surface area contributed by atoms with Gasteiger partial charge in [0.05, 0.1) is 13.2 Å². The van der Waals surface area contributed by atoms with Gasteiger partial charge in [0, 0.05) is 22.8 Å². The summed E-state index contributed by atoms with van der Waals surface area (Å²) in [4.78, 5) is 5.31. The van der Waals surface area contributed by atoms with E-state index in [0.29, 0.717) is 0 Å². The average molecular weight is 282 g/mol. The van der Waals surface area contributed by atoms with E-state index in [1.807, 2.05) is 18.4 Å². The third kappa shape index (κ3) is 4.88. The molecule has 0 aromatic carbocycles. The molecule has 0 radical (unpaired) electrons. The Labute approximate surface area is 121 Å². The summed E-state index contributed by atoms with van der Waals surface area (Å²) in [6.45, 7) is 8.37. The van der Waals surface area contributed by atoms with Crippen LogP contribution in [0.5, 0.6) is 0 Å². The van der Waals surface area contributed by atoms with Crippen LogP contribution in [0.15, 0.2) is 6.07 Å². The second-order valence-corrected chi connectivity index (χ2v) is 6.62. The molecule has 2 rings (SSSR count). The quantitative estimate of drug-likeness (QED) is 0.778. The van der Waals surface area contributed by atoms with Crippen molar-refractivity contribution in [2.45, 2.75) is 39.3 Å². The first-order valence-corrected chi connectivity index (χ1v) is 8.14. The highest BCUT2D eigenvalue weighted by Crippen LogP contribution is 2.22. The zero-order chi connectivity index (χ0) is 13.5. The minimum Gasteiger partial charge on any atom is -0.375 e. The smallest absolute Gasteiger partial charge is 0.0728 e. The second kappa shape index (κ2) is 8.00. The van der Waals surface area contributed by atoms with Crippen LogP contribution < -0.4 is 5.32 Å². The maximum Gasteiger partial charge on any atom is 0.0728 e. The molecule has 0 saturated carbocycles. The fourth-order valence-electron chi connectivity index (χ4n) is 2.55. The van der Waals surface area contributed by atoms with Gasteiger partial charge < -0.3 is 15.0 Å². The molecule has 2 heterocycles. The van der Waals surface area contributed by atoms with E-state index in [0.717, 1.165) is 26.3 Å². The number of nitrogens with one attached hydrogen (secondary N) is 1. The number of hydrogen-bond donors (Lipinski definition) is 1. The van der Waals surface area contributed by atoms with Crippen LogP contribution in [0.2, 0.25) is 0 Å². The molecule has 1 aliphatic heterocycles. The van der Waals surface area contributed by atoms with Crippen molar-refractivity contribution in [2.24, 2.45) is 0 Å². The summed E-state index contributed by atoms with van der Waals surface area (Å²) in [6.07, 6.45) is 4.12. The fourth-order valence-corrected chi connectivity index (χ4v) is 3.61. The Morgan fingerprint density at radius 1 is 1.32 bits per heavy atom. The second-order valence-electron chi connectivity index (χ2n) is 5.28. The van der Waals surface area contributed by atoms with Crippen LogP contribution in [-0.2, 0) is 17.9 Å². The first-order chi connectivity index (χ1) is 9.29. The standard InChI is InChI=1S/C15H26N2OS/c1-13-14(10-15(19-13)11-16-2)12-18-9-8-17-6-4-3-5-7-17/h10,16H,3-9,11-12H2,1-2H3. The van der Waals surface area contributed by atoms with Gasteiger partial charge in [-0.3, -0.25) is 0 Å². The number of rotatable bonds is 7. The zero-order valence-corrected chi connectivity index (χ0v) is 13.0. The summed E-state index contributed by atoms with van der Waals surface area (Å²) in [5.74, 6) is 0. The summed E-state index contributed by atoms with van der Waals surface area (Å²) < 4.78 is 5.84. The Bertz CT molecular complexity index is 372. The molecule has 1 N–H and O–H groups in total. The van der Waals surface area contributed by atoms with Gasteiger partial charge in [0.1, 0.15) is 0 Å². The van der Waals surface area contributed by atoms with E-state index in [-0.39, 0.29) is 0 Å². The number of nitrogens with zero attached hydrogens (tertiary/aromatic N) is 1. The molecule has 1 saturated heterocycles. The van der Waals surface area contributed by atoms with Crippen LogP contribution in [-0.4, -0.2) is 38.2 Å². The van der Waals surface area contributed by atoms with Crippen molar-refractivity contribution >= 4 is 11.3 Å². The van der Waals surface area contributed by atoms with Gasteiger partial charge in [-0.25, -0.2) is 0 Å². The summed E-state index contributed by atoms with van der Waals surface area (Å²) >= 11 is 1.87. The van der Waals surface area contributed by atoms with Gasteiger partial charge >= 0.3 is 0 Å². The lowest BCUT2D eigenvalue weighted by atomic mass is 10.1. The van der Waals surface area contributed by atoms with Gasteiger partial charge in [-0.2, -0.15) is 0 Å². The molecular weight excluding hydrogens is 256 g/mol. The van der Waals surface area contributed by atoms with Gasteiger partial charge in [-0.15, -0.1) is 11.3 Å². The molecule has 0 aliphatic carbocycles. The Kier molecular flexibility index (Phi) is 6.31. The summed E-state index contributed by atoms with van der Waals surface area (Å²) in [6, 6.07) is 2.28. The molecular formula is C15H26N2OS. The largest absolute Gasteiger partial charge is 0.375 e. The number of thiophene rings is 1. The normalized spacial score (nSPS) is 16.9. The third-order valence-corrected chi connectivity index (χ3v) is 4.77. The van der Waals surface area contributed by atoms with Crippen molar-refractivity contribution in [3.8, 4) is 0 Å². The molecule has 108 valence electrons. The Morgan fingerprint density at radius 2 is 2.11 bits per heavy atom. The van der Waals surface area contributed by atoms with E-state index in [1.165, 1.54) is 47.7 Å². The van der Waals surface area contributed by atoms with E-state index < -0.39 is 0 Å². The van der Waals surface area contributed by atoms with E-state index in [1.54, 1.807) is 0 Å². The molecule has 0 spiro atoms. The predicted molar refractivity (Wildman–Crippen MR) is 81.8 cm³/mol. The van der Waals surface area contributed by atoms with Crippen LogP contribution in [0.1, 0.15) is 34.6 Å². The molecule has 0 unspecified atom stereocenters. The maximum absolute atomic E-state index is 5.84. The molecule has 3 nitrogen and oxygen atoms in total. The fraction of sp³-hybridized carbons (Fsp3) is 0.733. The highest BCUT2D eigenvalue weighted by atomic mass is 32.1. The van der Waals surface area contributed by atoms with Crippen LogP contribution in [0.4, 0.5) is 0 Å². The van der Waals surface area contributed by atoms with Crippen LogP contribution in [0, 0.1) is 6.92 Å². The Morgan fingerprint density at radius 3 is 2.84 bits per heavy atom. The Hall–Kier alpha value is -0.420. The molecule has 1 aromatic rings. The first kappa shape index (κ1) is 15.0. The lowest BCUT2D eigenvalue weighted by Crippen LogP contribution is -2.32. The van der Waals surface area contributed by atoms with Crippen LogP contribution in [0.25, 0.3) is 0 Å². The molecule has 0 atom stereocenters. The summed E-state index contributed by atoms with van der Waals surface area (Å²) in [7, 11) is 1.99. The molecule has 4 heteroatoms.